The Morgan fingerprint density at radius 1 is 1.31 bits per heavy atom. The van der Waals surface area contributed by atoms with E-state index in [4.69, 9.17) is 16.3 Å². The minimum atomic E-state index is 0.00448. The van der Waals surface area contributed by atoms with Crippen LogP contribution in [0.15, 0.2) is 48.5 Å². The molecular weight excluding hydrogens is 350 g/mol. The molecule has 2 aromatic carbocycles. The quantitative estimate of drug-likeness (QED) is 0.817. The second kappa shape index (κ2) is 9.03. The molecule has 1 unspecified atom stereocenters. The van der Waals surface area contributed by atoms with E-state index in [1.54, 1.807) is 7.11 Å². The summed E-state index contributed by atoms with van der Waals surface area (Å²) in [6, 6.07) is 15.7. The average molecular weight is 374 g/mol. The van der Waals surface area contributed by atoms with Gasteiger partial charge in [0.1, 0.15) is 5.75 Å². The second-order valence-corrected chi connectivity index (χ2v) is 6.77. The Morgan fingerprint density at radius 2 is 2.15 bits per heavy atom. The second-order valence-electron chi connectivity index (χ2n) is 6.33. The number of carbonyl (C=O) groups excluding carboxylic acids is 1. The third kappa shape index (κ3) is 4.75. The Labute approximate surface area is 159 Å². The zero-order valence-electron chi connectivity index (χ0n) is 14.9. The highest BCUT2D eigenvalue weighted by atomic mass is 35.5. The zero-order valence-corrected chi connectivity index (χ0v) is 15.6. The number of ether oxygens (including phenoxy) is 1. The van der Waals surface area contributed by atoms with Crippen LogP contribution in [0, 0.1) is 0 Å². The van der Waals surface area contributed by atoms with Crippen LogP contribution in [-0.4, -0.2) is 44.1 Å². The van der Waals surface area contributed by atoms with E-state index in [-0.39, 0.29) is 11.9 Å². The molecule has 1 aliphatic heterocycles. The number of hydrogen-bond donors (Lipinski definition) is 2. The van der Waals surface area contributed by atoms with Gasteiger partial charge in [-0.25, -0.2) is 0 Å². The summed E-state index contributed by atoms with van der Waals surface area (Å²) >= 11 is 6.13. The number of methoxy groups -OCH3 is 1. The Morgan fingerprint density at radius 3 is 2.96 bits per heavy atom. The fourth-order valence-electron chi connectivity index (χ4n) is 3.26. The van der Waals surface area contributed by atoms with Crippen molar-refractivity contribution in [1.82, 2.24) is 15.5 Å². The highest BCUT2D eigenvalue weighted by Crippen LogP contribution is 2.24. The molecule has 1 atom stereocenters. The number of halogens is 1. The van der Waals surface area contributed by atoms with Crippen LogP contribution in [0.25, 0.3) is 0 Å². The van der Waals surface area contributed by atoms with Gasteiger partial charge in [0, 0.05) is 42.8 Å². The van der Waals surface area contributed by atoms with Gasteiger partial charge in [0.2, 0.25) is 5.91 Å². The van der Waals surface area contributed by atoms with Crippen molar-refractivity contribution in [3.63, 3.8) is 0 Å². The van der Waals surface area contributed by atoms with Gasteiger partial charge in [-0.3, -0.25) is 9.69 Å². The molecule has 26 heavy (non-hydrogen) atoms. The van der Waals surface area contributed by atoms with Crippen LogP contribution in [0.2, 0.25) is 5.02 Å². The topological polar surface area (TPSA) is 53.6 Å². The van der Waals surface area contributed by atoms with E-state index in [2.05, 4.69) is 21.6 Å². The van der Waals surface area contributed by atoms with Gasteiger partial charge in [0.05, 0.1) is 13.7 Å². The monoisotopic (exact) mass is 373 g/mol. The molecule has 0 radical (unpaired) electrons. The summed E-state index contributed by atoms with van der Waals surface area (Å²) in [5.41, 5.74) is 2.09. The van der Waals surface area contributed by atoms with Gasteiger partial charge in [-0.2, -0.15) is 0 Å². The lowest BCUT2D eigenvalue weighted by atomic mass is 10.0. The van der Waals surface area contributed by atoms with Crippen LogP contribution in [-0.2, 0) is 11.3 Å². The first-order chi connectivity index (χ1) is 12.7. The summed E-state index contributed by atoms with van der Waals surface area (Å²) in [5, 5.41) is 7.11. The normalized spacial score (nSPS) is 17.7. The highest BCUT2D eigenvalue weighted by molar-refractivity contribution is 6.30. The minimum absolute atomic E-state index is 0.00448. The lowest BCUT2D eigenvalue weighted by molar-refractivity contribution is -0.123. The van der Waals surface area contributed by atoms with E-state index >= 15 is 0 Å². The lowest BCUT2D eigenvalue weighted by Gasteiger charge is -2.36. The molecule has 2 aromatic rings. The highest BCUT2D eigenvalue weighted by Gasteiger charge is 2.25. The maximum atomic E-state index is 12.5. The summed E-state index contributed by atoms with van der Waals surface area (Å²) in [7, 11) is 1.64. The van der Waals surface area contributed by atoms with Crippen LogP contribution in [0.3, 0.4) is 0 Å². The molecule has 3 rings (SSSR count). The van der Waals surface area contributed by atoms with E-state index in [1.807, 2.05) is 42.5 Å². The molecule has 0 aliphatic carbocycles. The fraction of sp³-hybridized carbons (Fsp3) is 0.350. The number of piperazine rings is 1. The van der Waals surface area contributed by atoms with Crippen LogP contribution in [0.1, 0.15) is 17.2 Å². The van der Waals surface area contributed by atoms with Gasteiger partial charge in [-0.1, -0.05) is 41.9 Å². The van der Waals surface area contributed by atoms with Crippen LogP contribution in [0.5, 0.6) is 5.75 Å². The first-order valence-electron chi connectivity index (χ1n) is 8.76. The van der Waals surface area contributed by atoms with Gasteiger partial charge < -0.3 is 15.4 Å². The van der Waals surface area contributed by atoms with Crippen molar-refractivity contribution in [3.05, 3.63) is 64.7 Å². The standard InChI is InChI=1S/C20H24ClN3O2/c1-26-19-8-3-2-5-16(19)12-23-20(25)14-24-10-9-22-13-18(24)15-6-4-7-17(21)11-15/h2-8,11,18,22H,9-10,12-14H2,1H3,(H,23,25). The van der Waals surface area contributed by atoms with Gasteiger partial charge in [0.25, 0.3) is 0 Å². The number of nitrogens with one attached hydrogen (secondary N) is 2. The van der Waals surface area contributed by atoms with E-state index in [9.17, 15) is 4.79 Å². The maximum Gasteiger partial charge on any atom is 0.234 e. The van der Waals surface area contributed by atoms with E-state index in [0.717, 1.165) is 36.5 Å². The van der Waals surface area contributed by atoms with Crippen LogP contribution < -0.4 is 15.4 Å². The summed E-state index contributed by atoms with van der Waals surface area (Å²) in [5.74, 6) is 0.789. The smallest absolute Gasteiger partial charge is 0.234 e. The molecule has 5 nitrogen and oxygen atoms in total. The van der Waals surface area contributed by atoms with Crippen molar-refractivity contribution in [2.75, 3.05) is 33.3 Å². The molecule has 2 N–H and O–H groups in total. The Balaban J connectivity index is 1.61. The molecular formula is C20H24ClN3O2. The summed E-state index contributed by atoms with van der Waals surface area (Å²) in [6.45, 7) is 3.31. The maximum absolute atomic E-state index is 12.5. The van der Waals surface area contributed by atoms with Crippen LogP contribution in [0.4, 0.5) is 0 Å². The third-order valence-electron chi connectivity index (χ3n) is 4.60. The Hall–Kier alpha value is -2.08. The van der Waals surface area contributed by atoms with Crippen molar-refractivity contribution < 1.29 is 9.53 Å². The van der Waals surface area contributed by atoms with Gasteiger partial charge in [-0.05, 0) is 23.8 Å². The lowest BCUT2D eigenvalue weighted by Crippen LogP contribution is -2.49. The van der Waals surface area contributed by atoms with E-state index in [0.29, 0.717) is 18.1 Å². The molecule has 1 fully saturated rings. The first-order valence-corrected chi connectivity index (χ1v) is 9.14. The van der Waals surface area contributed by atoms with E-state index < -0.39 is 0 Å². The zero-order chi connectivity index (χ0) is 18.4. The molecule has 6 heteroatoms. The van der Waals surface area contributed by atoms with Crippen molar-refractivity contribution in [1.29, 1.82) is 0 Å². The summed E-state index contributed by atoms with van der Waals surface area (Å²) in [6.07, 6.45) is 0. The van der Waals surface area contributed by atoms with Crippen molar-refractivity contribution in [2.45, 2.75) is 12.6 Å². The molecule has 1 saturated heterocycles. The molecule has 0 saturated carbocycles. The molecule has 1 heterocycles. The molecule has 0 spiro atoms. The molecule has 0 aromatic heterocycles. The number of para-hydroxylation sites is 1. The van der Waals surface area contributed by atoms with Gasteiger partial charge in [0.15, 0.2) is 0 Å². The molecule has 138 valence electrons. The largest absolute Gasteiger partial charge is 0.496 e. The van der Waals surface area contributed by atoms with Gasteiger partial charge in [-0.15, -0.1) is 0 Å². The van der Waals surface area contributed by atoms with Crippen molar-refractivity contribution >= 4 is 17.5 Å². The summed E-state index contributed by atoms with van der Waals surface area (Å²) in [4.78, 5) is 14.7. The molecule has 0 bridgehead atoms. The predicted octanol–water partition coefficient (Wildman–Crippen LogP) is 2.61. The van der Waals surface area contributed by atoms with Crippen molar-refractivity contribution in [2.24, 2.45) is 0 Å². The number of benzene rings is 2. The number of carbonyl (C=O) groups is 1. The first kappa shape index (κ1) is 18.7. The SMILES string of the molecule is COc1ccccc1CNC(=O)CN1CCNCC1c1cccc(Cl)c1. The number of rotatable bonds is 6. The Kier molecular flexibility index (Phi) is 6.50. The Bertz CT molecular complexity index is 753. The average Bonchev–Trinajstić information content (AvgIpc) is 2.67. The number of nitrogens with zero attached hydrogens (tertiary/aromatic N) is 1. The fourth-order valence-corrected chi connectivity index (χ4v) is 3.46. The van der Waals surface area contributed by atoms with Crippen molar-refractivity contribution in [3.8, 4) is 5.75 Å². The predicted molar refractivity (Wildman–Crippen MR) is 103 cm³/mol. The number of amides is 1. The number of hydrogen-bond acceptors (Lipinski definition) is 4. The minimum Gasteiger partial charge on any atom is -0.496 e. The van der Waals surface area contributed by atoms with Crippen LogP contribution >= 0.6 is 11.6 Å². The molecule has 1 amide bonds. The molecule has 1 aliphatic rings. The van der Waals surface area contributed by atoms with E-state index in [1.165, 1.54) is 0 Å². The summed E-state index contributed by atoms with van der Waals surface area (Å²) < 4.78 is 5.33. The van der Waals surface area contributed by atoms with Gasteiger partial charge >= 0.3 is 0 Å². The third-order valence-corrected chi connectivity index (χ3v) is 4.84.